The lowest BCUT2D eigenvalue weighted by Gasteiger charge is -2.18. The Hall–Kier alpha value is -2.17. The van der Waals surface area contributed by atoms with Crippen LogP contribution in [0.2, 0.25) is 0 Å². The minimum atomic E-state index is 0.725. The molecule has 0 saturated carbocycles. The lowest BCUT2D eigenvalue weighted by molar-refractivity contribution is 0.853. The summed E-state index contributed by atoms with van der Waals surface area (Å²) in [5, 5.41) is 3.21. The van der Waals surface area contributed by atoms with E-state index in [1.807, 2.05) is 38.2 Å². The van der Waals surface area contributed by atoms with E-state index in [1.165, 1.54) is 0 Å². The molecule has 0 aliphatic heterocycles. The Bertz CT molecular complexity index is 527. The number of nitrogens with zero attached hydrogens (tertiary/aromatic N) is 4. The highest BCUT2D eigenvalue weighted by atomic mass is 15.2. The zero-order valence-electron chi connectivity index (χ0n) is 11.6. The number of pyridine rings is 1. The molecule has 0 aliphatic carbocycles. The maximum atomic E-state index is 4.46. The fourth-order valence-electron chi connectivity index (χ4n) is 1.83. The molecule has 1 N–H and O–H groups in total. The first kappa shape index (κ1) is 13.3. The van der Waals surface area contributed by atoms with Crippen LogP contribution in [0, 0.1) is 6.92 Å². The van der Waals surface area contributed by atoms with Gasteiger partial charge in [-0.15, -0.1) is 0 Å². The number of nitrogens with one attached hydrogen (secondary N) is 1. The van der Waals surface area contributed by atoms with Crippen molar-refractivity contribution < 1.29 is 0 Å². The maximum Gasteiger partial charge on any atom is 0.134 e. The summed E-state index contributed by atoms with van der Waals surface area (Å²) < 4.78 is 0. The summed E-state index contributed by atoms with van der Waals surface area (Å²) >= 11 is 0. The second-order valence-corrected chi connectivity index (χ2v) is 4.37. The number of hydrogen-bond donors (Lipinski definition) is 1. The summed E-state index contributed by atoms with van der Waals surface area (Å²) in [7, 11) is 2.01. The summed E-state index contributed by atoms with van der Waals surface area (Å²) in [6.07, 6.45) is 1.80. The Morgan fingerprint density at radius 2 is 2.11 bits per heavy atom. The van der Waals surface area contributed by atoms with E-state index in [-0.39, 0.29) is 0 Å². The van der Waals surface area contributed by atoms with Gasteiger partial charge in [0.15, 0.2) is 0 Å². The highest BCUT2D eigenvalue weighted by Crippen LogP contribution is 2.16. The van der Waals surface area contributed by atoms with Crippen molar-refractivity contribution >= 4 is 11.6 Å². The van der Waals surface area contributed by atoms with Gasteiger partial charge < -0.3 is 10.2 Å². The van der Waals surface area contributed by atoms with Gasteiger partial charge in [-0.2, -0.15) is 0 Å². The molecule has 0 aromatic carbocycles. The Labute approximate surface area is 113 Å². The van der Waals surface area contributed by atoms with Gasteiger partial charge >= 0.3 is 0 Å². The van der Waals surface area contributed by atoms with Crippen LogP contribution in [-0.2, 0) is 6.54 Å². The third-order valence-corrected chi connectivity index (χ3v) is 2.70. The maximum absolute atomic E-state index is 4.46. The van der Waals surface area contributed by atoms with Crippen LogP contribution in [0.15, 0.2) is 30.5 Å². The third kappa shape index (κ3) is 3.64. The van der Waals surface area contributed by atoms with E-state index in [9.17, 15) is 0 Å². The molecule has 0 bridgehead atoms. The minimum absolute atomic E-state index is 0.725. The molecular formula is C14H19N5. The number of hydrogen-bond acceptors (Lipinski definition) is 5. The molecule has 0 atom stereocenters. The van der Waals surface area contributed by atoms with E-state index in [4.69, 9.17) is 0 Å². The van der Waals surface area contributed by atoms with Crippen molar-refractivity contribution in [3.63, 3.8) is 0 Å². The summed E-state index contributed by atoms with van der Waals surface area (Å²) in [6, 6.07) is 7.88. The predicted molar refractivity (Wildman–Crippen MR) is 77.3 cm³/mol. The number of rotatable bonds is 5. The van der Waals surface area contributed by atoms with E-state index < -0.39 is 0 Å². The van der Waals surface area contributed by atoms with E-state index in [0.717, 1.165) is 36.2 Å². The molecular weight excluding hydrogens is 238 g/mol. The fourth-order valence-corrected chi connectivity index (χ4v) is 1.83. The van der Waals surface area contributed by atoms with Crippen LogP contribution < -0.4 is 10.2 Å². The van der Waals surface area contributed by atoms with Gasteiger partial charge in [-0.05, 0) is 26.0 Å². The summed E-state index contributed by atoms with van der Waals surface area (Å²) in [5.41, 5.74) is 1.02. The molecule has 2 aromatic rings. The second kappa shape index (κ2) is 6.13. The van der Waals surface area contributed by atoms with Gasteiger partial charge in [0, 0.05) is 25.9 Å². The first-order chi connectivity index (χ1) is 9.19. The van der Waals surface area contributed by atoms with Crippen molar-refractivity contribution in [2.24, 2.45) is 0 Å². The first-order valence-electron chi connectivity index (χ1n) is 6.39. The number of anilines is 2. The molecule has 100 valence electrons. The van der Waals surface area contributed by atoms with E-state index in [2.05, 4.69) is 32.1 Å². The Balaban J connectivity index is 2.16. The molecule has 0 fully saturated rings. The Morgan fingerprint density at radius 3 is 2.79 bits per heavy atom. The van der Waals surface area contributed by atoms with Crippen molar-refractivity contribution in [2.75, 3.05) is 23.8 Å². The van der Waals surface area contributed by atoms with Crippen LogP contribution in [0.3, 0.4) is 0 Å². The zero-order valence-corrected chi connectivity index (χ0v) is 11.6. The largest absolute Gasteiger partial charge is 0.370 e. The normalized spacial score (nSPS) is 10.3. The number of aromatic nitrogens is 3. The highest BCUT2D eigenvalue weighted by molar-refractivity contribution is 5.49. The van der Waals surface area contributed by atoms with Crippen LogP contribution in [0.1, 0.15) is 18.4 Å². The monoisotopic (exact) mass is 257 g/mol. The van der Waals surface area contributed by atoms with E-state index in [0.29, 0.717) is 0 Å². The third-order valence-electron chi connectivity index (χ3n) is 2.70. The SMILES string of the molecule is CCNc1cc(N(C)Cc2ccccn2)nc(C)n1. The lowest BCUT2D eigenvalue weighted by atomic mass is 10.3. The van der Waals surface area contributed by atoms with E-state index >= 15 is 0 Å². The Kier molecular flexibility index (Phi) is 4.28. The highest BCUT2D eigenvalue weighted by Gasteiger charge is 2.07. The molecule has 0 radical (unpaired) electrons. The molecule has 5 heteroatoms. The summed E-state index contributed by atoms with van der Waals surface area (Å²) in [4.78, 5) is 15.2. The van der Waals surface area contributed by atoms with Crippen molar-refractivity contribution in [2.45, 2.75) is 20.4 Å². The molecule has 2 rings (SSSR count). The van der Waals surface area contributed by atoms with Gasteiger partial charge in [-0.25, -0.2) is 9.97 Å². The standard InChI is InChI=1S/C14H19N5/c1-4-15-13-9-14(18-11(2)17-13)19(3)10-12-7-5-6-8-16-12/h5-9H,4,10H2,1-3H3,(H,15,17,18). The molecule has 2 aromatic heterocycles. The minimum Gasteiger partial charge on any atom is -0.370 e. The van der Waals surface area contributed by atoms with Crippen LogP contribution >= 0.6 is 0 Å². The van der Waals surface area contributed by atoms with Gasteiger partial charge in [-0.3, -0.25) is 4.98 Å². The molecule has 5 nitrogen and oxygen atoms in total. The van der Waals surface area contributed by atoms with Crippen LogP contribution in [0.25, 0.3) is 0 Å². The quantitative estimate of drug-likeness (QED) is 0.890. The topological polar surface area (TPSA) is 53.9 Å². The molecule has 2 heterocycles. The zero-order chi connectivity index (χ0) is 13.7. The van der Waals surface area contributed by atoms with Gasteiger partial charge in [-0.1, -0.05) is 6.07 Å². The number of aryl methyl sites for hydroxylation is 1. The van der Waals surface area contributed by atoms with Gasteiger partial charge in [0.05, 0.1) is 12.2 Å². The molecule has 0 aliphatic rings. The molecule has 0 saturated heterocycles. The molecule has 0 unspecified atom stereocenters. The average molecular weight is 257 g/mol. The lowest BCUT2D eigenvalue weighted by Crippen LogP contribution is -2.19. The van der Waals surface area contributed by atoms with Gasteiger partial charge in [0.25, 0.3) is 0 Å². The molecule has 0 amide bonds. The van der Waals surface area contributed by atoms with Crippen molar-refractivity contribution in [3.8, 4) is 0 Å². The fraction of sp³-hybridized carbons (Fsp3) is 0.357. The summed E-state index contributed by atoms with van der Waals surface area (Å²) in [6.45, 7) is 5.52. The van der Waals surface area contributed by atoms with Crippen LogP contribution in [0.5, 0.6) is 0 Å². The van der Waals surface area contributed by atoms with Gasteiger partial charge in [0.2, 0.25) is 0 Å². The first-order valence-corrected chi connectivity index (χ1v) is 6.39. The van der Waals surface area contributed by atoms with Gasteiger partial charge in [0.1, 0.15) is 17.5 Å². The predicted octanol–water partition coefficient (Wildman–Crippen LogP) is 2.25. The second-order valence-electron chi connectivity index (χ2n) is 4.37. The average Bonchev–Trinajstić information content (AvgIpc) is 2.39. The molecule has 0 spiro atoms. The van der Waals surface area contributed by atoms with E-state index in [1.54, 1.807) is 6.20 Å². The van der Waals surface area contributed by atoms with Crippen molar-refractivity contribution in [3.05, 3.63) is 42.0 Å². The van der Waals surface area contributed by atoms with Crippen LogP contribution in [-0.4, -0.2) is 28.5 Å². The van der Waals surface area contributed by atoms with Crippen LogP contribution in [0.4, 0.5) is 11.6 Å². The Morgan fingerprint density at radius 1 is 1.26 bits per heavy atom. The van der Waals surface area contributed by atoms with Crippen molar-refractivity contribution in [1.29, 1.82) is 0 Å². The smallest absolute Gasteiger partial charge is 0.134 e. The summed E-state index contributed by atoms with van der Waals surface area (Å²) in [5.74, 6) is 2.52. The molecule has 19 heavy (non-hydrogen) atoms. The van der Waals surface area contributed by atoms with Crippen molar-refractivity contribution in [1.82, 2.24) is 15.0 Å².